The summed E-state index contributed by atoms with van der Waals surface area (Å²) in [6.07, 6.45) is 1.42. The van der Waals surface area contributed by atoms with E-state index in [1.165, 1.54) is 42.6 Å². The molecule has 0 unspecified atom stereocenters. The summed E-state index contributed by atoms with van der Waals surface area (Å²) in [7, 11) is 0. The molecule has 0 saturated carbocycles. The van der Waals surface area contributed by atoms with Gasteiger partial charge in [0, 0.05) is 41.2 Å². The van der Waals surface area contributed by atoms with E-state index in [-0.39, 0.29) is 29.2 Å². The number of aromatic nitrogens is 3. The van der Waals surface area contributed by atoms with E-state index in [2.05, 4.69) is 36.1 Å². The van der Waals surface area contributed by atoms with E-state index >= 15 is 0 Å². The fourth-order valence-corrected chi connectivity index (χ4v) is 3.46. The second-order valence-corrected chi connectivity index (χ2v) is 8.10. The van der Waals surface area contributed by atoms with Crippen molar-refractivity contribution in [3.63, 3.8) is 0 Å². The van der Waals surface area contributed by atoms with Crippen LogP contribution in [0.1, 0.15) is 5.76 Å². The Balaban J connectivity index is 1.33. The van der Waals surface area contributed by atoms with Gasteiger partial charge in [-0.3, -0.25) is 20.2 Å². The molecule has 2 heterocycles. The third-order valence-electron chi connectivity index (χ3n) is 5.35. The van der Waals surface area contributed by atoms with Gasteiger partial charge in [0.1, 0.15) is 11.5 Å². The van der Waals surface area contributed by atoms with Crippen LogP contribution in [0.3, 0.4) is 0 Å². The van der Waals surface area contributed by atoms with Gasteiger partial charge in [-0.05, 0) is 48.5 Å². The Bertz CT molecular complexity index is 1670. The number of hydrazone groups is 1. The maximum atomic E-state index is 10.9. The van der Waals surface area contributed by atoms with E-state index in [0.29, 0.717) is 22.8 Å². The van der Waals surface area contributed by atoms with Crippen molar-refractivity contribution in [3.8, 4) is 11.3 Å². The van der Waals surface area contributed by atoms with Crippen molar-refractivity contribution in [2.75, 3.05) is 16.1 Å². The van der Waals surface area contributed by atoms with Gasteiger partial charge < -0.3 is 15.1 Å². The fraction of sp³-hybridized carbons (Fsp3) is 0. The Morgan fingerprint density at radius 1 is 0.675 bits per heavy atom. The molecule has 0 aliphatic carbocycles. The number of hydrogen-bond donors (Lipinski definition) is 3. The monoisotopic (exact) mass is 537 g/mol. The van der Waals surface area contributed by atoms with E-state index in [0.717, 1.165) is 5.69 Å². The number of nitro groups is 2. The molecule has 3 N–H and O–H groups in total. The first-order chi connectivity index (χ1) is 19.4. The zero-order valence-electron chi connectivity index (χ0n) is 20.5. The van der Waals surface area contributed by atoms with Gasteiger partial charge in [0.05, 0.1) is 16.1 Å². The lowest BCUT2D eigenvalue weighted by Gasteiger charge is -2.10. The summed E-state index contributed by atoms with van der Waals surface area (Å²) in [6, 6.07) is 24.5. The zero-order valence-corrected chi connectivity index (χ0v) is 20.5. The van der Waals surface area contributed by atoms with Gasteiger partial charge in [0.2, 0.25) is 17.8 Å². The number of benzene rings is 3. The highest BCUT2D eigenvalue weighted by molar-refractivity contribution is 5.78. The predicted octanol–water partition coefficient (Wildman–Crippen LogP) is 5.88. The van der Waals surface area contributed by atoms with E-state index in [1.54, 1.807) is 24.3 Å². The number of non-ortho nitro benzene ring substituents is 2. The third kappa shape index (κ3) is 6.38. The first-order valence-electron chi connectivity index (χ1n) is 11.7. The Hall–Kier alpha value is -6.18. The first-order valence-corrected chi connectivity index (χ1v) is 11.7. The molecule has 0 amide bonds. The van der Waals surface area contributed by atoms with Crippen LogP contribution in [0.2, 0.25) is 0 Å². The number of para-hydroxylation sites is 1. The Labute approximate surface area is 225 Å². The number of nitro benzene ring substituents is 2. The Morgan fingerprint density at radius 3 is 1.82 bits per heavy atom. The Kier molecular flexibility index (Phi) is 7.30. The van der Waals surface area contributed by atoms with E-state index in [4.69, 9.17) is 4.42 Å². The summed E-state index contributed by atoms with van der Waals surface area (Å²) in [5.41, 5.74) is 4.64. The van der Waals surface area contributed by atoms with E-state index < -0.39 is 9.85 Å². The minimum Gasteiger partial charge on any atom is -0.455 e. The largest absolute Gasteiger partial charge is 0.455 e. The second kappa shape index (κ2) is 11.5. The molecule has 3 aromatic carbocycles. The van der Waals surface area contributed by atoms with Crippen LogP contribution in [0.4, 0.5) is 40.6 Å². The van der Waals surface area contributed by atoms with Crippen LogP contribution < -0.4 is 16.1 Å². The first kappa shape index (κ1) is 25.5. The summed E-state index contributed by atoms with van der Waals surface area (Å²) in [5, 5.41) is 32.0. The molecule has 0 bridgehead atoms. The molecule has 2 aromatic heterocycles. The lowest BCUT2D eigenvalue weighted by atomic mass is 10.1. The normalized spacial score (nSPS) is 10.8. The molecule has 14 nitrogen and oxygen atoms in total. The number of nitrogens with one attached hydrogen (secondary N) is 3. The molecule has 0 spiro atoms. The molecule has 40 heavy (non-hydrogen) atoms. The van der Waals surface area contributed by atoms with Crippen molar-refractivity contribution < 1.29 is 14.3 Å². The van der Waals surface area contributed by atoms with Crippen LogP contribution in [-0.4, -0.2) is 31.0 Å². The summed E-state index contributed by atoms with van der Waals surface area (Å²) < 4.78 is 5.75. The topological polar surface area (TPSA) is 187 Å². The highest BCUT2D eigenvalue weighted by Gasteiger charge is 2.10. The molecular formula is C26H19N9O5. The fourth-order valence-electron chi connectivity index (χ4n) is 3.46. The van der Waals surface area contributed by atoms with Crippen LogP contribution >= 0.6 is 0 Å². The van der Waals surface area contributed by atoms with Gasteiger partial charge in [-0.1, -0.05) is 18.2 Å². The molecule has 0 atom stereocenters. The van der Waals surface area contributed by atoms with E-state index in [9.17, 15) is 20.2 Å². The molecule has 0 aliphatic rings. The minimum absolute atomic E-state index is 0.0118. The predicted molar refractivity (Wildman–Crippen MR) is 148 cm³/mol. The van der Waals surface area contributed by atoms with Crippen molar-refractivity contribution in [3.05, 3.63) is 117 Å². The molecule has 0 saturated heterocycles. The zero-order chi connectivity index (χ0) is 27.9. The third-order valence-corrected chi connectivity index (χ3v) is 5.35. The summed E-state index contributed by atoms with van der Waals surface area (Å²) in [4.78, 5) is 33.9. The van der Waals surface area contributed by atoms with Crippen LogP contribution in [-0.2, 0) is 0 Å². The highest BCUT2D eigenvalue weighted by atomic mass is 16.6. The Morgan fingerprint density at radius 2 is 1.23 bits per heavy atom. The van der Waals surface area contributed by atoms with Crippen molar-refractivity contribution >= 4 is 46.8 Å². The van der Waals surface area contributed by atoms with Crippen LogP contribution in [0.25, 0.3) is 11.3 Å². The maximum Gasteiger partial charge on any atom is 0.269 e. The van der Waals surface area contributed by atoms with Gasteiger partial charge in [0.25, 0.3) is 11.4 Å². The maximum absolute atomic E-state index is 10.9. The van der Waals surface area contributed by atoms with Gasteiger partial charge in [0.15, 0.2) is 0 Å². The molecule has 198 valence electrons. The van der Waals surface area contributed by atoms with E-state index in [1.807, 2.05) is 30.3 Å². The standard InChI is InChI=1S/C26H19N9O5/c36-34(37)20-10-6-17(7-11-20)23-15-14-22(40-23)16-27-33-26-31-24(28-18-4-2-1-3-5-18)30-25(32-26)29-19-8-12-21(13-9-19)35(38)39/h1-16H,(H3,28,29,30,31,32,33)/b27-16+. The van der Waals surface area contributed by atoms with Gasteiger partial charge in [-0.2, -0.15) is 20.1 Å². The van der Waals surface area contributed by atoms with Crippen LogP contribution in [0.15, 0.2) is 101 Å². The van der Waals surface area contributed by atoms with Gasteiger partial charge in [-0.15, -0.1) is 0 Å². The molecule has 14 heteroatoms. The smallest absolute Gasteiger partial charge is 0.269 e. The van der Waals surface area contributed by atoms with Gasteiger partial charge in [-0.25, -0.2) is 5.43 Å². The lowest BCUT2D eigenvalue weighted by molar-refractivity contribution is -0.385. The SMILES string of the molecule is O=[N+]([O-])c1ccc(Nc2nc(N/N=C/c3ccc(-c4ccc([N+](=O)[O-])cc4)o3)nc(Nc3ccccc3)n2)cc1. The molecule has 5 aromatic rings. The van der Waals surface area contributed by atoms with Crippen molar-refractivity contribution in [1.29, 1.82) is 0 Å². The summed E-state index contributed by atoms with van der Waals surface area (Å²) in [6.45, 7) is 0. The lowest BCUT2D eigenvalue weighted by Crippen LogP contribution is -2.07. The average molecular weight is 537 g/mol. The van der Waals surface area contributed by atoms with Crippen molar-refractivity contribution in [2.45, 2.75) is 0 Å². The number of furan rings is 1. The number of rotatable bonds is 10. The summed E-state index contributed by atoms with van der Waals surface area (Å²) in [5.74, 6) is 1.43. The molecular weight excluding hydrogens is 518 g/mol. The highest BCUT2D eigenvalue weighted by Crippen LogP contribution is 2.24. The number of nitrogens with zero attached hydrogens (tertiary/aromatic N) is 6. The quantitative estimate of drug-likeness (QED) is 0.110. The summed E-state index contributed by atoms with van der Waals surface area (Å²) >= 11 is 0. The van der Waals surface area contributed by atoms with Gasteiger partial charge >= 0.3 is 0 Å². The minimum atomic E-state index is -0.484. The van der Waals surface area contributed by atoms with Crippen LogP contribution in [0.5, 0.6) is 0 Å². The number of hydrogen-bond acceptors (Lipinski definition) is 12. The molecule has 0 fully saturated rings. The van der Waals surface area contributed by atoms with Crippen molar-refractivity contribution in [2.24, 2.45) is 5.10 Å². The number of anilines is 5. The van der Waals surface area contributed by atoms with Crippen molar-refractivity contribution in [1.82, 2.24) is 15.0 Å². The van der Waals surface area contributed by atoms with Crippen LogP contribution in [0, 0.1) is 20.2 Å². The molecule has 0 aliphatic heterocycles. The second-order valence-electron chi connectivity index (χ2n) is 8.10. The average Bonchev–Trinajstić information content (AvgIpc) is 3.43. The molecule has 5 rings (SSSR count). The molecule has 0 radical (unpaired) electrons.